The molecule has 0 unspecified atom stereocenters. The standard InChI is InChI=1S/C29H35F3N4O/c1-20(2)15-26-17-27(34-36(26)25-7-5-4-6-8-25)28(37)33-18-22-11-13-35(19-22)14-12-23-16-24(29(30,31)32)10-9-21(23)3/h4-10,16-17,20,22H,11-15,18-19H2,1-3H3,(H,33,37)/t22-/m1/s1. The Balaban J connectivity index is 1.31. The van der Waals surface area contributed by atoms with Gasteiger partial charge in [0.2, 0.25) is 0 Å². The van der Waals surface area contributed by atoms with Crippen molar-refractivity contribution in [1.82, 2.24) is 20.0 Å². The van der Waals surface area contributed by atoms with E-state index in [4.69, 9.17) is 0 Å². The molecule has 0 bridgehead atoms. The molecule has 4 rings (SSSR count). The lowest BCUT2D eigenvalue weighted by molar-refractivity contribution is -0.137. The van der Waals surface area contributed by atoms with Crippen LogP contribution in [0.1, 0.15) is 53.1 Å². The molecular formula is C29H35F3N4O. The number of alkyl halides is 3. The number of halogens is 3. The lowest BCUT2D eigenvalue weighted by Gasteiger charge is -2.18. The molecule has 198 valence electrons. The number of aryl methyl sites for hydroxylation is 1. The fourth-order valence-electron chi connectivity index (χ4n) is 4.89. The number of carbonyl (C=O) groups is 1. The number of nitrogens with one attached hydrogen (secondary N) is 1. The number of amides is 1. The minimum absolute atomic E-state index is 0.183. The second-order valence-corrected chi connectivity index (χ2v) is 10.4. The van der Waals surface area contributed by atoms with Crippen LogP contribution in [0, 0.1) is 18.8 Å². The first kappa shape index (κ1) is 26.9. The van der Waals surface area contributed by atoms with Gasteiger partial charge in [-0.25, -0.2) is 4.68 Å². The third kappa shape index (κ3) is 7.01. The van der Waals surface area contributed by atoms with Crippen molar-refractivity contribution in [3.05, 3.63) is 82.7 Å². The number of aromatic nitrogens is 2. The summed E-state index contributed by atoms with van der Waals surface area (Å²) < 4.78 is 41.1. The molecule has 0 radical (unpaired) electrons. The van der Waals surface area contributed by atoms with Crippen LogP contribution in [0.5, 0.6) is 0 Å². The van der Waals surface area contributed by atoms with Crippen molar-refractivity contribution in [2.45, 2.75) is 46.2 Å². The van der Waals surface area contributed by atoms with Crippen LogP contribution in [-0.4, -0.2) is 46.8 Å². The molecule has 1 aliphatic rings. The fourth-order valence-corrected chi connectivity index (χ4v) is 4.89. The third-order valence-corrected chi connectivity index (χ3v) is 6.93. The molecule has 3 aromatic rings. The molecule has 1 N–H and O–H groups in total. The van der Waals surface area contributed by atoms with Crippen molar-refractivity contribution in [2.24, 2.45) is 11.8 Å². The summed E-state index contributed by atoms with van der Waals surface area (Å²) in [6.45, 7) is 9.07. The molecule has 1 aliphatic heterocycles. The van der Waals surface area contributed by atoms with Crippen LogP contribution < -0.4 is 5.32 Å². The summed E-state index contributed by atoms with van der Waals surface area (Å²) in [5.74, 6) is 0.551. The third-order valence-electron chi connectivity index (χ3n) is 6.93. The summed E-state index contributed by atoms with van der Waals surface area (Å²) in [6, 6.07) is 15.7. The highest BCUT2D eigenvalue weighted by molar-refractivity contribution is 5.92. The first-order chi connectivity index (χ1) is 17.6. The van der Waals surface area contributed by atoms with E-state index in [0.717, 1.165) is 54.5 Å². The maximum absolute atomic E-state index is 13.1. The minimum atomic E-state index is -4.33. The molecule has 1 aromatic heterocycles. The maximum atomic E-state index is 13.1. The summed E-state index contributed by atoms with van der Waals surface area (Å²) in [6.07, 6.45) is -1.99. The van der Waals surface area contributed by atoms with Crippen LogP contribution in [0.15, 0.2) is 54.6 Å². The van der Waals surface area contributed by atoms with Gasteiger partial charge in [-0.05, 0) is 86.0 Å². The average molecular weight is 513 g/mol. The Kier molecular flexibility index (Phi) is 8.37. The molecule has 37 heavy (non-hydrogen) atoms. The van der Waals surface area contributed by atoms with Crippen LogP contribution in [0.3, 0.4) is 0 Å². The van der Waals surface area contributed by atoms with E-state index in [9.17, 15) is 18.0 Å². The van der Waals surface area contributed by atoms with Gasteiger partial charge in [-0.2, -0.15) is 18.3 Å². The predicted octanol–water partition coefficient (Wildman–Crippen LogP) is 5.69. The first-order valence-corrected chi connectivity index (χ1v) is 12.9. The Hall–Kier alpha value is -3.13. The van der Waals surface area contributed by atoms with Gasteiger partial charge < -0.3 is 10.2 Å². The summed E-state index contributed by atoms with van der Waals surface area (Å²) >= 11 is 0. The molecule has 8 heteroatoms. The SMILES string of the molecule is Cc1ccc(C(F)(F)F)cc1CCN1CC[C@H](CNC(=O)c2cc(CC(C)C)n(-c3ccccc3)n2)C1. The molecular weight excluding hydrogens is 477 g/mol. The Morgan fingerprint density at radius 3 is 2.59 bits per heavy atom. The number of carbonyl (C=O) groups excluding carboxylic acids is 1. The Morgan fingerprint density at radius 1 is 1.14 bits per heavy atom. The van der Waals surface area contributed by atoms with E-state index >= 15 is 0 Å². The lowest BCUT2D eigenvalue weighted by Crippen LogP contribution is -2.31. The zero-order valence-corrected chi connectivity index (χ0v) is 21.7. The summed E-state index contributed by atoms with van der Waals surface area (Å²) in [5, 5.41) is 7.65. The second kappa shape index (κ2) is 11.5. The van der Waals surface area contributed by atoms with E-state index in [-0.39, 0.29) is 5.91 Å². The number of para-hydroxylation sites is 1. The number of likely N-dealkylation sites (tertiary alicyclic amines) is 1. The van der Waals surface area contributed by atoms with Crippen molar-refractivity contribution in [1.29, 1.82) is 0 Å². The van der Waals surface area contributed by atoms with Crippen molar-refractivity contribution >= 4 is 5.91 Å². The summed E-state index contributed by atoms with van der Waals surface area (Å²) in [5.41, 5.74) is 3.36. The van der Waals surface area contributed by atoms with E-state index in [1.165, 1.54) is 6.07 Å². The van der Waals surface area contributed by atoms with E-state index in [1.807, 2.05) is 48.0 Å². The number of benzene rings is 2. The highest BCUT2D eigenvalue weighted by Gasteiger charge is 2.31. The number of hydrogen-bond donors (Lipinski definition) is 1. The highest BCUT2D eigenvalue weighted by Crippen LogP contribution is 2.31. The van der Waals surface area contributed by atoms with E-state index in [0.29, 0.717) is 37.0 Å². The molecule has 0 spiro atoms. The fraction of sp³-hybridized carbons (Fsp3) is 0.448. The molecule has 1 amide bonds. The van der Waals surface area contributed by atoms with Gasteiger partial charge in [0.15, 0.2) is 5.69 Å². The minimum Gasteiger partial charge on any atom is -0.350 e. The van der Waals surface area contributed by atoms with E-state index in [1.54, 1.807) is 6.07 Å². The van der Waals surface area contributed by atoms with Crippen LogP contribution in [0.25, 0.3) is 5.69 Å². The molecule has 2 aromatic carbocycles. The summed E-state index contributed by atoms with van der Waals surface area (Å²) in [4.78, 5) is 15.2. The Morgan fingerprint density at radius 2 is 1.89 bits per heavy atom. The van der Waals surface area contributed by atoms with Gasteiger partial charge in [-0.1, -0.05) is 38.1 Å². The predicted molar refractivity (Wildman–Crippen MR) is 139 cm³/mol. The van der Waals surface area contributed by atoms with Gasteiger partial charge >= 0.3 is 6.18 Å². The number of rotatable bonds is 9. The zero-order valence-electron chi connectivity index (χ0n) is 21.7. The first-order valence-electron chi connectivity index (χ1n) is 12.9. The summed E-state index contributed by atoms with van der Waals surface area (Å²) in [7, 11) is 0. The van der Waals surface area contributed by atoms with Crippen molar-refractivity contribution in [3.8, 4) is 5.69 Å². The van der Waals surface area contributed by atoms with Crippen molar-refractivity contribution in [3.63, 3.8) is 0 Å². The van der Waals surface area contributed by atoms with Crippen LogP contribution >= 0.6 is 0 Å². The van der Waals surface area contributed by atoms with Gasteiger partial charge in [-0.15, -0.1) is 0 Å². The van der Waals surface area contributed by atoms with Gasteiger partial charge in [0, 0.05) is 25.3 Å². The van der Waals surface area contributed by atoms with Gasteiger partial charge in [0.1, 0.15) is 0 Å². The molecule has 1 atom stereocenters. The van der Waals surface area contributed by atoms with Gasteiger partial charge in [0.05, 0.1) is 11.3 Å². The van der Waals surface area contributed by atoms with Gasteiger partial charge in [0.25, 0.3) is 5.91 Å². The molecule has 0 saturated carbocycles. The number of nitrogens with zero attached hydrogens (tertiary/aromatic N) is 3. The van der Waals surface area contributed by atoms with E-state index < -0.39 is 11.7 Å². The average Bonchev–Trinajstić information content (AvgIpc) is 3.48. The largest absolute Gasteiger partial charge is 0.416 e. The normalized spacial score (nSPS) is 16.5. The monoisotopic (exact) mass is 512 g/mol. The molecule has 2 heterocycles. The lowest BCUT2D eigenvalue weighted by atomic mass is 10.0. The molecule has 5 nitrogen and oxygen atoms in total. The Labute approximate surface area is 216 Å². The van der Waals surface area contributed by atoms with Crippen LogP contribution in [-0.2, 0) is 19.0 Å². The maximum Gasteiger partial charge on any atom is 0.416 e. The molecule has 0 aliphatic carbocycles. The Bertz CT molecular complexity index is 1200. The van der Waals surface area contributed by atoms with Gasteiger partial charge in [-0.3, -0.25) is 4.79 Å². The highest BCUT2D eigenvalue weighted by atomic mass is 19.4. The topological polar surface area (TPSA) is 50.2 Å². The van der Waals surface area contributed by atoms with Crippen molar-refractivity contribution in [2.75, 3.05) is 26.2 Å². The molecule has 1 fully saturated rings. The van der Waals surface area contributed by atoms with Crippen LogP contribution in [0.4, 0.5) is 13.2 Å². The van der Waals surface area contributed by atoms with Crippen molar-refractivity contribution < 1.29 is 18.0 Å². The smallest absolute Gasteiger partial charge is 0.350 e. The zero-order chi connectivity index (χ0) is 26.6. The second-order valence-electron chi connectivity index (χ2n) is 10.4. The quantitative estimate of drug-likeness (QED) is 0.401. The van der Waals surface area contributed by atoms with E-state index in [2.05, 4.69) is 29.2 Å². The molecule has 1 saturated heterocycles. The van der Waals surface area contributed by atoms with Crippen LogP contribution in [0.2, 0.25) is 0 Å². The number of hydrogen-bond acceptors (Lipinski definition) is 3.